The van der Waals surface area contributed by atoms with Crippen molar-refractivity contribution in [2.75, 3.05) is 12.3 Å². The fourth-order valence-corrected chi connectivity index (χ4v) is 2.50. The second-order valence-electron chi connectivity index (χ2n) is 4.43. The quantitative estimate of drug-likeness (QED) is 0.859. The van der Waals surface area contributed by atoms with E-state index in [4.69, 9.17) is 5.73 Å². The fourth-order valence-electron chi connectivity index (χ4n) is 1.85. The second-order valence-corrected chi connectivity index (χ2v) is 5.58. The zero-order valence-corrected chi connectivity index (χ0v) is 10.6. The van der Waals surface area contributed by atoms with Crippen LogP contribution in [0, 0.1) is 5.41 Å². The Morgan fingerprint density at radius 3 is 2.80 bits per heavy atom. The molecule has 1 heterocycles. The molecule has 3 nitrogen and oxygen atoms in total. The summed E-state index contributed by atoms with van der Waals surface area (Å²) in [4.78, 5) is 5.25. The van der Waals surface area contributed by atoms with Crippen LogP contribution < -0.4 is 11.1 Å². The molecule has 0 radical (unpaired) electrons. The van der Waals surface area contributed by atoms with Gasteiger partial charge in [0.25, 0.3) is 0 Å². The Hall–Kier alpha value is -0.320. The SMILES string of the molecule is CC1(CNCc2cnc(N)s2)CCC1.Cl. The number of rotatable bonds is 4. The summed E-state index contributed by atoms with van der Waals surface area (Å²) >= 11 is 1.57. The Bertz CT molecular complexity index is 309. The third-order valence-corrected chi connectivity index (χ3v) is 3.81. The van der Waals surface area contributed by atoms with Crippen molar-refractivity contribution in [3.63, 3.8) is 0 Å². The first-order valence-electron chi connectivity index (χ1n) is 5.09. The van der Waals surface area contributed by atoms with Gasteiger partial charge in [0.2, 0.25) is 0 Å². The summed E-state index contributed by atoms with van der Waals surface area (Å²) in [6.45, 7) is 4.37. The molecular weight excluding hydrogens is 230 g/mol. The lowest BCUT2D eigenvalue weighted by molar-refractivity contribution is 0.156. The lowest BCUT2D eigenvalue weighted by Crippen LogP contribution is -2.36. The first-order chi connectivity index (χ1) is 6.68. The van der Waals surface area contributed by atoms with Gasteiger partial charge in [0.05, 0.1) is 0 Å². The van der Waals surface area contributed by atoms with E-state index in [-0.39, 0.29) is 12.4 Å². The third kappa shape index (κ3) is 3.33. The van der Waals surface area contributed by atoms with Crippen molar-refractivity contribution in [3.05, 3.63) is 11.1 Å². The molecule has 0 unspecified atom stereocenters. The monoisotopic (exact) mass is 247 g/mol. The van der Waals surface area contributed by atoms with Crippen molar-refractivity contribution < 1.29 is 0 Å². The number of aromatic nitrogens is 1. The van der Waals surface area contributed by atoms with Crippen LogP contribution in [0.4, 0.5) is 5.13 Å². The summed E-state index contributed by atoms with van der Waals surface area (Å²) < 4.78 is 0. The molecule has 86 valence electrons. The Kier molecular flexibility index (Phi) is 4.37. The number of hydrogen-bond donors (Lipinski definition) is 2. The van der Waals surface area contributed by atoms with E-state index in [1.165, 1.54) is 24.1 Å². The molecule has 5 heteroatoms. The minimum absolute atomic E-state index is 0. The predicted molar refractivity (Wildman–Crippen MR) is 67.4 cm³/mol. The first kappa shape index (κ1) is 12.7. The number of nitrogens with one attached hydrogen (secondary N) is 1. The van der Waals surface area contributed by atoms with E-state index < -0.39 is 0 Å². The maximum Gasteiger partial charge on any atom is 0.180 e. The van der Waals surface area contributed by atoms with Crippen LogP contribution in [0.25, 0.3) is 0 Å². The molecule has 0 amide bonds. The molecule has 0 saturated heterocycles. The molecular formula is C10H18ClN3S. The van der Waals surface area contributed by atoms with Crippen LogP contribution >= 0.6 is 23.7 Å². The smallest absolute Gasteiger partial charge is 0.180 e. The fraction of sp³-hybridized carbons (Fsp3) is 0.700. The topological polar surface area (TPSA) is 50.9 Å². The van der Waals surface area contributed by atoms with Crippen molar-refractivity contribution >= 4 is 28.9 Å². The maximum atomic E-state index is 5.55. The molecule has 1 aliphatic rings. The summed E-state index contributed by atoms with van der Waals surface area (Å²) in [7, 11) is 0. The number of nitrogens with two attached hydrogens (primary N) is 1. The maximum absolute atomic E-state index is 5.55. The molecule has 3 N–H and O–H groups in total. The Balaban J connectivity index is 0.00000112. The van der Waals surface area contributed by atoms with Crippen LogP contribution in [0.15, 0.2) is 6.20 Å². The highest BCUT2D eigenvalue weighted by molar-refractivity contribution is 7.15. The van der Waals surface area contributed by atoms with E-state index in [0.717, 1.165) is 13.1 Å². The van der Waals surface area contributed by atoms with E-state index in [1.54, 1.807) is 11.3 Å². The Morgan fingerprint density at radius 1 is 1.60 bits per heavy atom. The van der Waals surface area contributed by atoms with Crippen LogP contribution in [0.5, 0.6) is 0 Å². The van der Waals surface area contributed by atoms with Crippen LogP contribution in [-0.4, -0.2) is 11.5 Å². The summed E-state index contributed by atoms with van der Waals surface area (Å²) in [6, 6.07) is 0. The van der Waals surface area contributed by atoms with Gasteiger partial charge in [-0.25, -0.2) is 4.98 Å². The molecule has 0 bridgehead atoms. The molecule has 0 aliphatic heterocycles. The number of anilines is 1. The molecule has 1 fully saturated rings. The second kappa shape index (κ2) is 5.14. The van der Waals surface area contributed by atoms with Crippen LogP contribution in [0.1, 0.15) is 31.1 Å². The summed E-state index contributed by atoms with van der Waals surface area (Å²) in [5, 5.41) is 4.14. The van der Waals surface area contributed by atoms with Gasteiger partial charge < -0.3 is 11.1 Å². The van der Waals surface area contributed by atoms with Gasteiger partial charge in [-0.3, -0.25) is 0 Å². The summed E-state index contributed by atoms with van der Waals surface area (Å²) in [5.41, 5.74) is 6.10. The van der Waals surface area contributed by atoms with Gasteiger partial charge >= 0.3 is 0 Å². The molecule has 0 spiro atoms. The molecule has 1 aromatic heterocycles. The number of nitrogens with zero attached hydrogens (tertiary/aromatic N) is 1. The highest BCUT2D eigenvalue weighted by atomic mass is 35.5. The van der Waals surface area contributed by atoms with E-state index in [0.29, 0.717) is 10.5 Å². The zero-order valence-electron chi connectivity index (χ0n) is 8.95. The normalized spacial score (nSPS) is 17.9. The average molecular weight is 248 g/mol. The van der Waals surface area contributed by atoms with Gasteiger partial charge in [0.15, 0.2) is 5.13 Å². The van der Waals surface area contributed by atoms with Gasteiger partial charge in [0.1, 0.15) is 0 Å². The zero-order chi connectivity index (χ0) is 10.0. The van der Waals surface area contributed by atoms with Gasteiger partial charge in [0, 0.05) is 24.2 Å². The van der Waals surface area contributed by atoms with Gasteiger partial charge in [-0.2, -0.15) is 0 Å². The molecule has 1 aromatic rings. The van der Waals surface area contributed by atoms with E-state index in [1.807, 2.05) is 6.20 Å². The highest BCUT2D eigenvalue weighted by Crippen LogP contribution is 2.39. The van der Waals surface area contributed by atoms with E-state index in [9.17, 15) is 0 Å². The average Bonchev–Trinajstić information content (AvgIpc) is 2.49. The molecule has 1 aliphatic carbocycles. The van der Waals surface area contributed by atoms with Crippen molar-refractivity contribution in [1.82, 2.24) is 10.3 Å². The van der Waals surface area contributed by atoms with E-state index in [2.05, 4.69) is 17.2 Å². The molecule has 0 atom stereocenters. The number of hydrogen-bond acceptors (Lipinski definition) is 4. The van der Waals surface area contributed by atoms with Gasteiger partial charge in [-0.05, 0) is 18.3 Å². The Labute approximate surface area is 101 Å². The number of thiazole rings is 1. The van der Waals surface area contributed by atoms with Crippen molar-refractivity contribution in [1.29, 1.82) is 0 Å². The van der Waals surface area contributed by atoms with E-state index >= 15 is 0 Å². The molecule has 1 saturated carbocycles. The van der Waals surface area contributed by atoms with Crippen LogP contribution in [0.3, 0.4) is 0 Å². The molecule has 2 rings (SSSR count). The van der Waals surface area contributed by atoms with Crippen molar-refractivity contribution in [3.8, 4) is 0 Å². The Morgan fingerprint density at radius 2 is 2.33 bits per heavy atom. The lowest BCUT2D eigenvalue weighted by atomic mass is 9.70. The first-order valence-corrected chi connectivity index (χ1v) is 5.91. The largest absolute Gasteiger partial charge is 0.375 e. The molecule has 0 aromatic carbocycles. The van der Waals surface area contributed by atoms with Crippen LogP contribution in [-0.2, 0) is 6.54 Å². The highest BCUT2D eigenvalue weighted by Gasteiger charge is 2.30. The minimum atomic E-state index is 0. The standard InChI is InChI=1S/C10H17N3S.ClH/c1-10(3-2-4-10)7-12-5-8-6-13-9(11)14-8;/h6,12H,2-5,7H2,1H3,(H2,11,13);1H. The minimum Gasteiger partial charge on any atom is -0.375 e. The van der Waals surface area contributed by atoms with Crippen molar-refractivity contribution in [2.45, 2.75) is 32.7 Å². The third-order valence-electron chi connectivity index (χ3n) is 2.98. The van der Waals surface area contributed by atoms with Gasteiger partial charge in [-0.15, -0.1) is 23.7 Å². The lowest BCUT2D eigenvalue weighted by Gasteiger charge is -2.38. The molecule has 15 heavy (non-hydrogen) atoms. The summed E-state index contributed by atoms with van der Waals surface area (Å²) in [5.74, 6) is 0. The summed E-state index contributed by atoms with van der Waals surface area (Å²) in [6.07, 6.45) is 5.98. The van der Waals surface area contributed by atoms with Crippen LogP contribution in [0.2, 0.25) is 0 Å². The van der Waals surface area contributed by atoms with Crippen molar-refractivity contribution in [2.24, 2.45) is 5.41 Å². The van der Waals surface area contributed by atoms with Gasteiger partial charge in [-0.1, -0.05) is 13.3 Å². The predicted octanol–water partition coefficient (Wildman–Crippen LogP) is 2.43. The number of halogens is 1. The number of nitrogen functional groups attached to an aromatic ring is 1.